The van der Waals surface area contributed by atoms with Crippen LogP contribution < -0.4 is 11.4 Å². The Kier molecular flexibility index (Phi) is 6.10. The fourth-order valence-corrected chi connectivity index (χ4v) is 4.76. The Hall–Kier alpha value is -1.61. The molecular weight excluding hydrogens is 373 g/mol. The van der Waals surface area contributed by atoms with Crippen molar-refractivity contribution in [2.24, 2.45) is 17.8 Å². The minimum absolute atomic E-state index is 0.122. The van der Waals surface area contributed by atoms with Gasteiger partial charge in [0.05, 0.1) is 6.20 Å². The largest absolute Gasteiger partial charge is 0.459 e. The molecule has 1 aliphatic heterocycles. The lowest BCUT2D eigenvalue weighted by molar-refractivity contribution is -0.166. The zero-order valence-electron chi connectivity index (χ0n) is 15.8. The number of aromatic nitrogens is 2. The molecule has 2 N–H and O–H groups in total. The Morgan fingerprint density at radius 3 is 2.93 bits per heavy atom. The summed E-state index contributed by atoms with van der Waals surface area (Å²) in [7, 11) is 0. The molecule has 1 saturated carbocycles. The third-order valence-electron chi connectivity index (χ3n) is 5.34. The predicted molar refractivity (Wildman–Crippen MR) is 100 cm³/mol. The van der Waals surface area contributed by atoms with Gasteiger partial charge in [0, 0.05) is 5.75 Å². The van der Waals surface area contributed by atoms with Crippen LogP contribution in [0.3, 0.4) is 0 Å². The lowest BCUT2D eigenvalue weighted by atomic mass is 9.75. The topological polar surface area (TPSA) is 96.4 Å². The number of ether oxygens (including phenoxy) is 2. The zero-order valence-corrected chi connectivity index (χ0v) is 16.6. The molecule has 1 saturated heterocycles. The number of hydrogen-bond donors (Lipinski definition) is 1. The van der Waals surface area contributed by atoms with Gasteiger partial charge < -0.3 is 15.2 Å². The number of thioether (sulfide) groups is 1. The molecule has 2 aliphatic rings. The zero-order chi connectivity index (χ0) is 19.7. The van der Waals surface area contributed by atoms with E-state index >= 15 is 0 Å². The standard InChI is InChI=1S/C18H26FN3O4S/c1-9(2)11-5-4-10(3)6-13(11)25-16(23)17-26-14(8-27-17)22-7-12(19)15(20)21-18(22)24/h7,9-11,13-14,17H,4-6,8H2,1-3H3,(H2,20,21,24)/t10-,11-,13-,14+,17+/m1/s1. The van der Waals surface area contributed by atoms with Crippen molar-refractivity contribution in [2.75, 3.05) is 11.5 Å². The first kappa shape index (κ1) is 20.1. The van der Waals surface area contributed by atoms with Crippen molar-refractivity contribution in [2.45, 2.75) is 57.8 Å². The maximum atomic E-state index is 13.6. The number of halogens is 1. The fraction of sp³-hybridized carbons (Fsp3) is 0.722. The van der Waals surface area contributed by atoms with Gasteiger partial charge in [-0.3, -0.25) is 4.57 Å². The van der Waals surface area contributed by atoms with E-state index in [0.29, 0.717) is 23.5 Å². The molecule has 0 aromatic carbocycles. The van der Waals surface area contributed by atoms with E-state index < -0.39 is 35.0 Å². The summed E-state index contributed by atoms with van der Waals surface area (Å²) in [5.74, 6) is -0.0872. The Bertz CT molecular complexity index is 757. The quantitative estimate of drug-likeness (QED) is 0.777. The van der Waals surface area contributed by atoms with Crippen LogP contribution in [0.2, 0.25) is 0 Å². The number of carbonyl (C=O) groups is 1. The first-order valence-electron chi connectivity index (χ1n) is 9.28. The van der Waals surface area contributed by atoms with Crippen molar-refractivity contribution in [3.05, 3.63) is 22.5 Å². The molecule has 3 rings (SSSR count). The second kappa shape index (κ2) is 8.18. The summed E-state index contributed by atoms with van der Waals surface area (Å²) in [6.07, 6.45) is 3.09. The summed E-state index contributed by atoms with van der Waals surface area (Å²) < 4.78 is 26.1. The number of nitrogens with zero attached hydrogens (tertiary/aromatic N) is 2. The molecule has 27 heavy (non-hydrogen) atoms. The highest BCUT2D eigenvalue weighted by Gasteiger charge is 2.39. The Balaban J connectivity index is 1.65. The predicted octanol–water partition coefficient (Wildman–Crippen LogP) is 2.56. The maximum Gasteiger partial charge on any atom is 0.351 e. The second-order valence-electron chi connectivity index (χ2n) is 7.72. The van der Waals surface area contributed by atoms with Gasteiger partial charge in [0.1, 0.15) is 12.3 Å². The van der Waals surface area contributed by atoms with E-state index in [2.05, 4.69) is 25.8 Å². The van der Waals surface area contributed by atoms with Crippen molar-refractivity contribution in [3.63, 3.8) is 0 Å². The Morgan fingerprint density at radius 2 is 2.22 bits per heavy atom. The molecule has 0 bridgehead atoms. The summed E-state index contributed by atoms with van der Waals surface area (Å²) in [5.41, 5.74) is 3.74. The van der Waals surface area contributed by atoms with E-state index in [1.807, 2.05) is 0 Å². The van der Waals surface area contributed by atoms with E-state index in [1.54, 1.807) is 0 Å². The van der Waals surface area contributed by atoms with Gasteiger partial charge in [-0.2, -0.15) is 4.98 Å². The summed E-state index contributed by atoms with van der Waals surface area (Å²) in [4.78, 5) is 28.0. The molecule has 0 spiro atoms. The monoisotopic (exact) mass is 399 g/mol. The molecule has 0 amide bonds. The number of hydrogen-bond acceptors (Lipinski definition) is 7. The molecule has 1 aliphatic carbocycles. The van der Waals surface area contributed by atoms with E-state index in [9.17, 15) is 14.0 Å². The van der Waals surface area contributed by atoms with E-state index in [-0.39, 0.29) is 6.10 Å². The molecule has 1 aromatic rings. The molecule has 0 unspecified atom stereocenters. The van der Waals surface area contributed by atoms with E-state index in [0.717, 1.165) is 30.0 Å². The normalized spacial score (nSPS) is 31.2. The number of esters is 1. The number of anilines is 1. The van der Waals surface area contributed by atoms with Gasteiger partial charge in [0.15, 0.2) is 11.6 Å². The summed E-state index contributed by atoms with van der Waals surface area (Å²) in [6, 6.07) is 0. The molecular formula is C18H26FN3O4S. The smallest absolute Gasteiger partial charge is 0.351 e. The summed E-state index contributed by atoms with van der Waals surface area (Å²) in [6.45, 7) is 6.46. The average molecular weight is 399 g/mol. The van der Waals surface area contributed by atoms with Crippen LogP contribution in [0.5, 0.6) is 0 Å². The van der Waals surface area contributed by atoms with Gasteiger partial charge in [-0.15, -0.1) is 11.8 Å². The van der Waals surface area contributed by atoms with Gasteiger partial charge in [-0.05, 0) is 30.6 Å². The highest BCUT2D eigenvalue weighted by Crippen LogP contribution is 2.37. The number of nitrogen functional groups attached to an aromatic ring is 1. The van der Waals surface area contributed by atoms with E-state index in [4.69, 9.17) is 15.2 Å². The first-order chi connectivity index (χ1) is 12.8. The second-order valence-corrected chi connectivity index (χ2v) is 8.82. The molecule has 2 fully saturated rings. The lowest BCUT2D eigenvalue weighted by Crippen LogP contribution is -2.38. The summed E-state index contributed by atoms with van der Waals surface area (Å²) in [5, 5.41) is 0. The molecule has 1 aromatic heterocycles. The molecule has 9 heteroatoms. The van der Waals surface area contributed by atoms with Crippen molar-refractivity contribution >= 4 is 23.5 Å². The van der Waals surface area contributed by atoms with Crippen LogP contribution in [-0.2, 0) is 14.3 Å². The highest BCUT2D eigenvalue weighted by molar-refractivity contribution is 8.00. The van der Waals surface area contributed by atoms with Gasteiger partial charge in [0.25, 0.3) is 0 Å². The fourth-order valence-electron chi connectivity index (χ4n) is 3.78. The maximum absolute atomic E-state index is 13.6. The summed E-state index contributed by atoms with van der Waals surface area (Å²) >= 11 is 1.23. The van der Waals surface area contributed by atoms with Crippen LogP contribution in [0.25, 0.3) is 0 Å². The number of rotatable bonds is 4. The number of nitrogens with two attached hydrogens (primary N) is 1. The third-order valence-corrected chi connectivity index (χ3v) is 6.42. The first-order valence-corrected chi connectivity index (χ1v) is 10.3. The average Bonchev–Trinajstić information content (AvgIpc) is 3.08. The van der Waals surface area contributed by atoms with Gasteiger partial charge in [-0.25, -0.2) is 14.0 Å². The van der Waals surface area contributed by atoms with Crippen LogP contribution in [0, 0.1) is 23.6 Å². The van der Waals surface area contributed by atoms with Crippen molar-refractivity contribution < 1.29 is 18.7 Å². The lowest BCUT2D eigenvalue weighted by Gasteiger charge is -2.37. The number of carbonyl (C=O) groups excluding carboxylic acids is 1. The Labute approximate surface area is 161 Å². The van der Waals surface area contributed by atoms with Crippen LogP contribution in [-0.4, -0.2) is 32.8 Å². The van der Waals surface area contributed by atoms with Gasteiger partial charge in [0.2, 0.25) is 5.44 Å². The van der Waals surface area contributed by atoms with Crippen LogP contribution >= 0.6 is 11.8 Å². The van der Waals surface area contributed by atoms with Crippen molar-refractivity contribution in [3.8, 4) is 0 Å². The third kappa shape index (κ3) is 4.45. The van der Waals surface area contributed by atoms with Crippen molar-refractivity contribution in [1.82, 2.24) is 9.55 Å². The van der Waals surface area contributed by atoms with Crippen LogP contribution in [0.1, 0.15) is 46.3 Å². The van der Waals surface area contributed by atoms with Gasteiger partial charge in [-0.1, -0.05) is 27.2 Å². The SMILES string of the molecule is CC(C)[C@H]1CC[C@@H](C)C[C@H]1OC(=O)[C@H]1O[C@H](n2cc(F)c(N)nc2=O)CS1. The minimum Gasteiger partial charge on any atom is -0.459 e. The molecule has 0 radical (unpaired) electrons. The van der Waals surface area contributed by atoms with Crippen molar-refractivity contribution in [1.29, 1.82) is 0 Å². The molecule has 7 nitrogen and oxygen atoms in total. The molecule has 150 valence electrons. The molecule has 2 heterocycles. The molecule has 5 atom stereocenters. The minimum atomic E-state index is -0.840. The highest BCUT2D eigenvalue weighted by atomic mass is 32.2. The van der Waals surface area contributed by atoms with Crippen LogP contribution in [0.15, 0.2) is 11.0 Å². The van der Waals surface area contributed by atoms with Gasteiger partial charge >= 0.3 is 11.7 Å². The van der Waals surface area contributed by atoms with E-state index in [1.165, 1.54) is 11.8 Å². The van der Waals surface area contributed by atoms with Crippen LogP contribution in [0.4, 0.5) is 10.2 Å². The Morgan fingerprint density at radius 1 is 1.48 bits per heavy atom.